The van der Waals surface area contributed by atoms with Gasteiger partial charge < -0.3 is 4.74 Å². The van der Waals surface area contributed by atoms with Gasteiger partial charge >= 0.3 is 0 Å². The van der Waals surface area contributed by atoms with E-state index in [-0.39, 0.29) is 5.91 Å². The fraction of sp³-hybridized carbons (Fsp3) is 0.286. The van der Waals surface area contributed by atoms with Crippen LogP contribution in [0.25, 0.3) is 21.3 Å². The molecule has 0 N–H and O–H groups in total. The van der Waals surface area contributed by atoms with E-state index >= 15 is 0 Å². The third kappa shape index (κ3) is 5.90. The van der Waals surface area contributed by atoms with Gasteiger partial charge in [-0.2, -0.15) is 0 Å². The number of hydrogen-bond acceptors (Lipinski definition) is 5. The van der Waals surface area contributed by atoms with Crippen LogP contribution in [0.2, 0.25) is 5.02 Å². The molecule has 0 radical (unpaired) electrons. The maximum atomic E-state index is 13.5. The van der Waals surface area contributed by atoms with Crippen molar-refractivity contribution in [1.29, 1.82) is 0 Å². The van der Waals surface area contributed by atoms with E-state index in [9.17, 15) is 4.79 Å². The van der Waals surface area contributed by atoms with Crippen molar-refractivity contribution in [3.63, 3.8) is 0 Å². The van der Waals surface area contributed by atoms with Gasteiger partial charge in [0.25, 0.3) is 0 Å². The number of carbonyl (C=O) groups is 1. The molecule has 1 fully saturated rings. The van der Waals surface area contributed by atoms with Gasteiger partial charge in [0.1, 0.15) is 5.52 Å². The number of fused-ring (bicyclic) bond motifs is 1. The number of carbonyl (C=O) groups excluding carboxylic acids is 1. The van der Waals surface area contributed by atoms with E-state index in [2.05, 4.69) is 29.2 Å². The van der Waals surface area contributed by atoms with Crippen LogP contribution in [0.5, 0.6) is 0 Å². The number of thiazole rings is 1. The highest BCUT2D eigenvalue weighted by Gasteiger charge is 2.21. The zero-order chi connectivity index (χ0) is 24.0. The van der Waals surface area contributed by atoms with Gasteiger partial charge in [-0.15, -0.1) is 0 Å². The highest BCUT2D eigenvalue weighted by molar-refractivity contribution is 7.22. The zero-order valence-corrected chi connectivity index (χ0v) is 21.1. The lowest BCUT2D eigenvalue weighted by Crippen LogP contribution is -2.39. The lowest BCUT2D eigenvalue weighted by atomic mass is 10.0. The molecule has 5 nitrogen and oxygen atoms in total. The minimum Gasteiger partial charge on any atom is -0.379 e. The molecule has 1 aliphatic heterocycles. The fourth-order valence-corrected chi connectivity index (χ4v) is 5.65. The highest BCUT2D eigenvalue weighted by atomic mass is 35.5. The second-order valence-corrected chi connectivity index (χ2v) is 10.1. The van der Waals surface area contributed by atoms with Crippen molar-refractivity contribution in [2.24, 2.45) is 0 Å². The van der Waals surface area contributed by atoms with Gasteiger partial charge in [-0.1, -0.05) is 83.6 Å². The molecule has 1 amide bonds. The molecule has 5 rings (SSSR count). The Hall–Kier alpha value is -2.77. The molecule has 0 spiro atoms. The number of ether oxygens (including phenoxy) is 1. The summed E-state index contributed by atoms with van der Waals surface area (Å²) in [5.41, 5.74) is 4.06. The molecule has 0 saturated carbocycles. The smallest absolute Gasteiger partial charge is 0.233 e. The summed E-state index contributed by atoms with van der Waals surface area (Å²) in [4.78, 5) is 22.5. The Balaban J connectivity index is 1.32. The topological polar surface area (TPSA) is 45.7 Å². The molecule has 1 aliphatic rings. The maximum Gasteiger partial charge on any atom is 0.233 e. The average Bonchev–Trinajstić information content (AvgIpc) is 3.33. The SMILES string of the molecule is O=C(Cc1ccc(-c2ccccc2)cc1)N(CCCN1CCOCC1)c1nc2c(Cl)cccc2s1. The van der Waals surface area contributed by atoms with E-state index in [1.165, 1.54) is 16.9 Å². The molecule has 1 saturated heterocycles. The summed E-state index contributed by atoms with van der Waals surface area (Å²) in [6, 6.07) is 24.3. The first-order valence-corrected chi connectivity index (χ1v) is 13.2. The predicted octanol–water partition coefficient (Wildman–Crippen LogP) is 5.91. The Kier molecular flexibility index (Phi) is 7.74. The van der Waals surface area contributed by atoms with Crippen molar-refractivity contribution in [2.75, 3.05) is 44.3 Å². The molecule has 0 aliphatic carbocycles. The van der Waals surface area contributed by atoms with Crippen LogP contribution in [-0.4, -0.2) is 55.2 Å². The minimum absolute atomic E-state index is 0.0506. The summed E-state index contributed by atoms with van der Waals surface area (Å²) in [7, 11) is 0. The van der Waals surface area contributed by atoms with Gasteiger partial charge in [-0.25, -0.2) is 4.98 Å². The largest absolute Gasteiger partial charge is 0.379 e. The van der Waals surface area contributed by atoms with E-state index in [0.717, 1.165) is 60.6 Å². The Morgan fingerprint density at radius 2 is 1.71 bits per heavy atom. The van der Waals surface area contributed by atoms with Gasteiger partial charge in [0.05, 0.1) is 29.4 Å². The predicted molar refractivity (Wildman–Crippen MR) is 144 cm³/mol. The molecule has 180 valence electrons. The van der Waals surface area contributed by atoms with Crippen LogP contribution in [0.15, 0.2) is 72.8 Å². The van der Waals surface area contributed by atoms with Crippen molar-refractivity contribution >= 4 is 44.2 Å². The van der Waals surface area contributed by atoms with Crippen molar-refractivity contribution < 1.29 is 9.53 Å². The molecule has 7 heteroatoms. The van der Waals surface area contributed by atoms with Gasteiger partial charge in [0.15, 0.2) is 5.13 Å². The number of benzene rings is 3. The standard InChI is InChI=1S/C28H28ClN3O2S/c29-24-8-4-9-25-27(24)30-28(35-25)32(15-5-14-31-16-18-34-19-17-31)26(33)20-21-10-12-23(13-11-21)22-6-2-1-3-7-22/h1-4,6-13H,5,14-20H2. The maximum absolute atomic E-state index is 13.5. The molecule has 0 atom stereocenters. The quantitative estimate of drug-likeness (QED) is 0.298. The zero-order valence-electron chi connectivity index (χ0n) is 19.5. The van der Waals surface area contributed by atoms with Crippen molar-refractivity contribution in [3.8, 4) is 11.1 Å². The Labute approximate surface area is 214 Å². The first kappa shape index (κ1) is 23.9. The number of morpholine rings is 1. The molecule has 1 aromatic heterocycles. The van der Waals surface area contributed by atoms with E-state index in [1.54, 1.807) is 0 Å². The van der Waals surface area contributed by atoms with Crippen molar-refractivity contribution in [2.45, 2.75) is 12.8 Å². The molecular weight excluding hydrogens is 478 g/mol. The number of nitrogens with zero attached hydrogens (tertiary/aromatic N) is 3. The van der Waals surface area contributed by atoms with Crippen LogP contribution in [0.4, 0.5) is 5.13 Å². The number of hydrogen-bond donors (Lipinski definition) is 0. The summed E-state index contributed by atoms with van der Waals surface area (Å²) >= 11 is 7.90. The molecule has 2 heterocycles. The Morgan fingerprint density at radius 3 is 2.46 bits per heavy atom. The van der Waals surface area contributed by atoms with Crippen LogP contribution >= 0.6 is 22.9 Å². The Bertz CT molecular complexity index is 1270. The van der Waals surface area contributed by atoms with E-state index in [4.69, 9.17) is 21.3 Å². The molecule has 35 heavy (non-hydrogen) atoms. The number of anilines is 1. The lowest BCUT2D eigenvalue weighted by Gasteiger charge is -2.27. The average molecular weight is 506 g/mol. The second-order valence-electron chi connectivity index (χ2n) is 8.68. The summed E-state index contributed by atoms with van der Waals surface area (Å²) in [6.07, 6.45) is 1.21. The first-order chi connectivity index (χ1) is 17.2. The molecule has 4 aromatic rings. The first-order valence-electron chi connectivity index (χ1n) is 12.0. The number of halogens is 1. The lowest BCUT2D eigenvalue weighted by molar-refractivity contribution is -0.118. The van der Waals surface area contributed by atoms with Crippen molar-refractivity contribution in [1.82, 2.24) is 9.88 Å². The Morgan fingerprint density at radius 1 is 0.971 bits per heavy atom. The van der Waals surface area contributed by atoms with Gasteiger partial charge in [0, 0.05) is 26.2 Å². The molecule has 0 bridgehead atoms. The van der Waals surface area contributed by atoms with Gasteiger partial charge in [-0.05, 0) is 35.2 Å². The van der Waals surface area contributed by atoms with Crippen LogP contribution in [0, 0.1) is 0 Å². The van der Waals surface area contributed by atoms with E-state index < -0.39 is 0 Å². The van der Waals surface area contributed by atoms with Crippen molar-refractivity contribution in [3.05, 3.63) is 83.4 Å². The third-order valence-corrected chi connectivity index (χ3v) is 7.62. The normalized spacial score (nSPS) is 14.3. The minimum atomic E-state index is 0.0506. The van der Waals surface area contributed by atoms with Gasteiger partial charge in [-0.3, -0.25) is 14.6 Å². The number of rotatable bonds is 8. The molecular formula is C28H28ClN3O2S. The van der Waals surface area contributed by atoms with Crippen LogP contribution < -0.4 is 4.90 Å². The van der Waals surface area contributed by atoms with Crippen LogP contribution in [0.1, 0.15) is 12.0 Å². The summed E-state index contributed by atoms with van der Waals surface area (Å²) in [5, 5.41) is 1.32. The number of aromatic nitrogens is 1. The summed E-state index contributed by atoms with van der Waals surface area (Å²) in [6.45, 7) is 4.99. The second kappa shape index (κ2) is 11.3. The van der Waals surface area contributed by atoms with Crippen LogP contribution in [-0.2, 0) is 16.0 Å². The number of amides is 1. The monoisotopic (exact) mass is 505 g/mol. The van der Waals surface area contributed by atoms with Gasteiger partial charge in [0.2, 0.25) is 5.91 Å². The number of para-hydroxylation sites is 1. The van der Waals surface area contributed by atoms with E-state index in [0.29, 0.717) is 23.1 Å². The summed E-state index contributed by atoms with van der Waals surface area (Å²) in [5.74, 6) is 0.0506. The summed E-state index contributed by atoms with van der Waals surface area (Å²) < 4.78 is 6.45. The fourth-order valence-electron chi connectivity index (χ4n) is 4.34. The van der Waals surface area contributed by atoms with Crippen LogP contribution in [0.3, 0.4) is 0 Å². The van der Waals surface area contributed by atoms with E-state index in [1.807, 2.05) is 53.4 Å². The molecule has 0 unspecified atom stereocenters. The molecule has 3 aromatic carbocycles. The highest BCUT2D eigenvalue weighted by Crippen LogP contribution is 2.33. The third-order valence-electron chi connectivity index (χ3n) is 6.27.